The van der Waals surface area contributed by atoms with Crippen molar-refractivity contribution in [2.45, 2.75) is 51.9 Å². The van der Waals surface area contributed by atoms with Crippen LogP contribution in [0.25, 0.3) is 0 Å². The molecule has 2 aliphatic heterocycles. The topological polar surface area (TPSA) is 41.6 Å². The number of rotatable bonds is 2. The lowest BCUT2D eigenvalue weighted by Crippen LogP contribution is -2.51. The van der Waals surface area contributed by atoms with Crippen molar-refractivity contribution < 1.29 is 9.53 Å². The Labute approximate surface area is 98.3 Å². The molecule has 16 heavy (non-hydrogen) atoms. The number of fused-ring (bicyclic) bond motifs is 1. The van der Waals surface area contributed by atoms with Crippen molar-refractivity contribution in [1.82, 2.24) is 10.2 Å². The predicted octanol–water partition coefficient (Wildman–Crippen LogP) is 1.01. The minimum absolute atomic E-state index is 0.00356. The van der Waals surface area contributed by atoms with Gasteiger partial charge in [0.1, 0.15) is 12.0 Å². The van der Waals surface area contributed by atoms with Crippen molar-refractivity contribution in [2.75, 3.05) is 20.2 Å². The minimum atomic E-state index is -0.00356. The second-order valence-electron chi connectivity index (χ2n) is 4.17. The smallest absolute Gasteiger partial charge is 0.149 e. The number of hydrogen-bond donors (Lipinski definition) is 1. The summed E-state index contributed by atoms with van der Waals surface area (Å²) in [5.74, 6) is 0.226. The van der Waals surface area contributed by atoms with E-state index in [4.69, 9.17) is 4.74 Å². The van der Waals surface area contributed by atoms with Gasteiger partial charge in [-0.1, -0.05) is 13.8 Å². The van der Waals surface area contributed by atoms with Gasteiger partial charge in [0.15, 0.2) is 0 Å². The van der Waals surface area contributed by atoms with Crippen LogP contribution in [-0.2, 0) is 9.53 Å². The first kappa shape index (κ1) is 13.6. The third-order valence-corrected chi connectivity index (χ3v) is 3.29. The van der Waals surface area contributed by atoms with Crippen LogP contribution in [0.2, 0.25) is 0 Å². The van der Waals surface area contributed by atoms with Crippen molar-refractivity contribution in [1.29, 1.82) is 0 Å². The number of nitrogens with one attached hydrogen (secondary N) is 1. The molecule has 0 amide bonds. The van der Waals surface area contributed by atoms with Crippen LogP contribution in [-0.4, -0.2) is 49.2 Å². The first-order valence-corrected chi connectivity index (χ1v) is 6.27. The first-order valence-electron chi connectivity index (χ1n) is 6.27. The molecule has 0 saturated carbocycles. The average molecular weight is 228 g/mol. The summed E-state index contributed by atoms with van der Waals surface area (Å²) in [5, 5.41) is 3.27. The van der Waals surface area contributed by atoms with Crippen LogP contribution < -0.4 is 5.32 Å². The van der Waals surface area contributed by atoms with E-state index in [1.54, 1.807) is 6.92 Å². The van der Waals surface area contributed by atoms with Gasteiger partial charge in [-0.3, -0.25) is 9.69 Å². The third kappa shape index (κ3) is 2.81. The second kappa shape index (κ2) is 6.33. The number of likely N-dealkylation sites (N-methyl/N-ethyl adjacent to an activating group) is 1. The Morgan fingerprint density at radius 2 is 2.06 bits per heavy atom. The van der Waals surface area contributed by atoms with Crippen molar-refractivity contribution in [3.05, 3.63) is 0 Å². The summed E-state index contributed by atoms with van der Waals surface area (Å²) >= 11 is 0. The van der Waals surface area contributed by atoms with Crippen LogP contribution in [0, 0.1) is 0 Å². The van der Waals surface area contributed by atoms with Gasteiger partial charge in [0.2, 0.25) is 0 Å². The Morgan fingerprint density at radius 1 is 1.38 bits per heavy atom. The van der Waals surface area contributed by atoms with Crippen LogP contribution in [0.1, 0.15) is 33.6 Å². The van der Waals surface area contributed by atoms with Gasteiger partial charge in [0.25, 0.3) is 0 Å². The summed E-state index contributed by atoms with van der Waals surface area (Å²) in [6.45, 7) is 7.17. The standard InChI is InChI=1S/C10H18N2O2.C2H6/c1-7(13)9-6-14-10-4-3-8(11-2)5-12(9)10;1-2/h8-11H,3-6H2,1-2H3;1-2H3. The highest BCUT2D eigenvalue weighted by Crippen LogP contribution is 2.26. The number of ketones is 1. The van der Waals surface area contributed by atoms with Crippen molar-refractivity contribution in [3.8, 4) is 0 Å². The molecule has 2 fully saturated rings. The van der Waals surface area contributed by atoms with E-state index in [0.717, 1.165) is 19.4 Å². The molecule has 0 bridgehead atoms. The number of carbonyl (C=O) groups excluding carboxylic acids is 1. The maximum absolute atomic E-state index is 11.4. The molecule has 0 aliphatic carbocycles. The molecule has 4 nitrogen and oxygen atoms in total. The highest BCUT2D eigenvalue weighted by Gasteiger charge is 2.40. The number of hydrogen-bond acceptors (Lipinski definition) is 4. The van der Waals surface area contributed by atoms with Crippen LogP contribution >= 0.6 is 0 Å². The molecule has 3 unspecified atom stereocenters. The SMILES string of the molecule is CC.CNC1CCC2OCC(C(C)=O)N2C1. The number of nitrogens with zero attached hydrogens (tertiary/aromatic N) is 1. The van der Waals surface area contributed by atoms with Crippen LogP contribution in [0.4, 0.5) is 0 Å². The molecule has 4 heteroatoms. The zero-order valence-electron chi connectivity index (χ0n) is 10.8. The van der Waals surface area contributed by atoms with Crippen molar-refractivity contribution >= 4 is 5.78 Å². The molecule has 2 rings (SSSR count). The fraction of sp³-hybridized carbons (Fsp3) is 0.917. The van der Waals surface area contributed by atoms with Crippen molar-refractivity contribution in [2.24, 2.45) is 0 Å². The lowest BCUT2D eigenvalue weighted by Gasteiger charge is -2.35. The van der Waals surface area contributed by atoms with Gasteiger partial charge >= 0.3 is 0 Å². The van der Waals surface area contributed by atoms with Crippen molar-refractivity contribution in [3.63, 3.8) is 0 Å². The quantitative estimate of drug-likeness (QED) is 0.766. The number of piperidine rings is 1. The molecule has 2 saturated heterocycles. The molecule has 0 aromatic carbocycles. The summed E-state index contributed by atoms with van der Waals surface area (Å²) < 4.78 is 5.60. The Balaban J connectivity index is 0.000000606. The Morgan fingerprint density at radius 3 is 2.62 bits per heavy atom. The summed E-state index contributed by atoms with van der Waals surface area (Å²) in [5.41, 5.74) is 0. The second-order valence-corrected chi connectivity index (χ2v) is 4.17. The summed E-state index contributed by atoms with van der Waals surface area (Å²) in [6, 6.07) is 0.506. The molecule has 94 valence electrons. The largest absolute Gasteiger partial charge is 0.361 e. The minimum Gasteiger partial charge on any atom is -0.361 e. The summed E-state index contributed by atoms with van der Waals surface area (Å²) in [7, 11) is 1.98. The fourth-order valence-corrected chi connectivity index (χ4v) is 2.36. The third-order valence-electron chi connectivity index (χ3n) is 3.29. The molecule has 3 atom stereocenters. The van der Waals surface area contributed by atoms with E-state index in [9.17, 15) is 4.79 Å². The molecule has 0 aromatic rings. The highest BCUT2D eigenvalue weighted by atomic mass is 16.5. The monoisotopic (exact) mass is 228 g/mol. The fourth-order valence-electron chi connectivity index (χ4n) is 2.36. The number of Topliss-reactive ketones (excluding diaryl/α,β-unsaturated/α-hetero) is 1. The van der Waals surface area contributed by atoms with E-state index >= 15 is 0 Å². The zero-order chi connectivity index (χ0) is 12.1. The molecule has 0 radical (unpaired) electrons. The molecular formula is C12H24N2O2. The number of carbonyl (C=O) groups is 1. The Bertz CT molecular complexity index is 233. The van der Waals surface area contributed by atoms with Crippen LogP contribution in [0.15, 0.2) is 0 Å². The predicted molar refractivity (Wildman–Crippen MR) is 64.3 cm³/mol. The van der Waals surface area contributed by atoms with E-state index in [1.165, 1.54) is 0 Å². The van der Waals surface area contributed by atoms with Crippen LogP contribution in [0.5, 0.6) is 0 Å². The molecule has 2 aliphatic rings. The molecule has 0 spiro atoms. The van der Waals surface area contributed by atoms with Gasteiger partial charge in [-0.25, -0.2) is 0 Å². The molecule has 0 aromatic heterocycles. The van der Waals surface area contributed by atoms with Gasteiger partial charge in [0.05, 0.1) is 12.6 Å². The Hall–Kier alpha value is -0.450. The maximum atomic E-state index is 11.4. The molecule has 2 heterocycles. The normalized spacial score (nSPS) is 33.9. The van der Waals surface area contributed by atoms with E-state index < -0.39 is 0 Å². The first-order chi connectivity index (χ1) is 7.72. The molecular weight excluding hydrogens is 204 g/mol. The average Bonchev–Trinajstić information content (AvgIpc) is 2.74. The summed E-state index contributed by atoms with van der Waals surface area (Å²) in [6.07, 6.45) is 2.37. The van der Waals surface area contributed by atoms with Crippen LogP contribution in [0.3, 0.4) is 0 Å². The summed E-state index contributed by atoms with van der Waals surface area (Å²) in [4.78, 5) is 13.6. The Kier molecular flexibility index (Phi) is 5.38. The van der Waals surface area contributed by atoms with E-state index in [-0.39, 0.29) is 18.1 Å². The lowest BCUT2D eigenvalue weighted by atomic mass is 10.0. The number of ether oxygens (including phenoxy) is 1. The van der Waals surface area contributed by atoms with Gasteiger partial charge < -0.3 is 10.1 Å². The highest BCUT2D eigenvalue weighted by molar-refractivity contribution is 5.81. The van der Waals surface area contributed by atoms with E-state index in [2.05, 4.69) is 10.2 Å². The zero-order valence-corrected chi connectivity index (χ0v) is 10.8. The molecule has 1 N–H and O–H groups in total. The van der Waals surface area contributed by atoms with Gasteiger partial charge in [-0.05, 0) is 26.8 Å². The van der Waals surface area contributed by atoms with Gasteiger partial charge in [-0.15, -0.1) is 0 Å². The van der Waals surface area contributed by atoms with Gasteiger partial charge in [-0.2, -0.15) is 0 Å². The van der Waals surface area contributed by atoms with E-state index in [1.807, 2.05) is 20.9 Å². The van der Waals surface area contributed by atoms with E-state index in [0.29, 0.717) is 12.6 Å². The maximum Gasteiger partial charge on any atom is 0.149 e. The van der Waals surface area contributed by atoms with Gasteiger partial charge in [0, 0.05) is 12.6 Å². The lowest BCUT2D eigenvalue weighted by molar-refractivity contribution is -0.121.